The highest BCUT2D eigenvalue weighted by Gasteiger charge is 2.10. The Bertz CT molecular complexity index is 510. The summed E-state index contributed by atoms with van der Waals surface area (Å²) in [5, 5.41) is 3.33. The summed E-state index contributed by atoms with van der Waals surface area (Å²) >= 11 is 0. The molecule has 1 aromatic rings. The van der Waals surface area contributed by atoms with Crippen molar-refractivity contribution >= 4 is 15.5 Å². The second kappa shape index (κ2) is 8.39. The Kier molecular flexibility index (Phi) is 7.18. The van der Waals surface area contributed by atoms with E-state index < -0.39 is 9.84 Å². The number of rotatable bonds is 9. The number of benzene rings is 1. The molecule has 0 radical (unpaired) electrons. The fourth-order valence-corrected chi connectivity index (χ4v) is 2.81. The highest BCUT2D eigenvalue weighted by molar-refractivity contribution is 7.91. The Morgan fingerprint density at radius 3 is 2.29 bits per heavy atom. The van der Waals surface area contributed by atoms with E-state index in [0.29, 0.717) is 10.9 Å². The average Bonchev–Trinajstić information content (AvgIpc) is 2.47. The number of unbranched alkanes of at least 4 members (excludes halogenated alkanes) is 1. The van der Waals surface area contributed by atoms with Crippen molar-refractivity contribution < 1.29 is 8.42 Å². The van der Waals surface area contributed by atoms with E-state index in [4.69, 9.17) is 0 Å². The zero-order valence-corrected chi connectivity index (χ0v) is 14.4. The Balaban J connectivity index is 2.34. The third-order valence-electron chi connectivity index (χ3n) is 3.74. The largest absolute Gasteiger partial charge is 0.385 e. The van der Waals surface area contributed by atoms with E-state index in [1.807, 2.05) is 12.1 Å². The third kappa shape index (κ3) is 6.06. The molecular weight excluding hydrogens is 284 g/mol. The number of nitrogens with zero attached hydrogens (tertiary/aromatic N) is 1. The summed E-state index contributed by atoms with van der Waals surface area (Å²) in [5.74, 6) is 0.142. The molecule has 0 aliphatic carbocycles. The van der Waals surface area contributed by atoms with Gasteiger partial charge in [-0.25, -0.2) is 8.42 Å². The lowest BCUT2D eigenvalue weighted by Crippen LogP contribution is -2.27. The molecule has 0 saturated heterocycles. The van der Waals surface area contributed by atoms with Crippen molar-refractivity contribution in [1.29, 1.82) is 0 Å². The van der Waals surface area contributed by atoms with Crippen molar-refractivity contribution in [2.75, 3.05) is 31.2 Å². The number of sulfone groups is 1. The van der Waals surface area contributed by atoms with Gasteiger partial charge in [0.15, 0.2) is 9.84 Å². The minimum Gasteiger partial charge on any atom is -0.385 e. The maximum Gasteiger partial charge on any atom is 0.178 e. The van der Waals surface area contributed by atoms with Crippen LogP contribution in [0.3, 0.4) is 0 Å². The van der Waals surface area contributed by atoms with Crippen LogP contribution in [-0.4, -0.2) is 45.2 Å². The van der Waals surface area contributed by atoms with Crippen LogP contribution in [0.4, 0.5) is 5.69 Å². The number of hydrogen-bond acceptors (Lipinski definition) is 4. The Morgan fingerprint density at radius 1 is 1.14 bits per heavy atom. The van der Waals surface area contributed by atoms with Crippen LogP contribution in [0.5, 0.6) is 0 Å². The monoisotopic (exact) mass is 312 g/mol. The summed E-state index contributed by atoms with van der Waals surface area (Å²) in [6.45, 7) is 8.07. The van der Waals surface area contributed by atoms with Crippen LogP contribution >= 0.6 is 0 Å². The lowest BCUT2D eigenvalue weighted by molar-refractivity contribution is 0.269. The summed E-state index contributed by atoms with van der Waals surface area (Å²) in [4.78, 5) is 2.74. The van der Waals surface area contributed by atoms with Crippen molar-refractivity contribution in [1.82, 2.24) is 4.90 Å². The maximum atomic E-state index is 11.7. The predicted molar refractivity (Wildman–Crippen MR) is 89.7 cm³/mol. The molecule has 5 heteroatoms. The van der Waals surface area contributed by atoms with Gasteiger partial charge in [-0.2, -0.15) is 0 Å². The van der Waals surface area contributed by atoms with Crippen molar-refractivity contribution in [3.8, 4) is 0 Å². The lowest BCUT2D eigenvalue weighted by atomic mass is 10.2. The summed E-state index contributed by atoms with van der Waals surface area (Å²) in [6.07, 6.45) is 2.26. The van der Waals surface area contributed by atoms with E-state index in [-0.39, 0.29) is 5.75 Å². The fourth-order valence-electron chi connectivity index (χ4n) is 1.92. The molecule has 120 valence electrons. The van der Waals surface area contributed by atoms with E-state index >= 15 is 0 Å². The summed E-state index contributed by atoms with van der Waals surface area (Å²) in [7, 11) is -0.951. The molecule has 1 rings (SSSR count). The van der Waals surface area contributed by atoms with Crippen LogP contribution in [0, 0.1) is 0 Å². The highest BCUT2D eigenvalue weighted by Crippen LogP contribution is 2.15. The molecule has 0 unspecified atom stereocenters. The second-order valence-electron chi connectivity index (χ2n) is 5.64. The smallest absolute Gasteiger partial charge is 0.178 e. The molecule has 4 nitrogen and oxygen atoms in total. The number of nitrogens with one attached hydrogen (secondary N) is 1. The number of anilines is 1. The minimum absolute atomic E-state index is 0.142. The van der Waals surface area contributed by atoms with Crippen LogP contribution in [0.25, 0.3) is 0 Å². The van der Waals surface area contributed by atoms with Gasteiger partial charge in [0.2, 0.25) is 0 Å². The molecule has 0 aliphatic rings. The highest BCUT2D eigenvalue weighted by atomic mass is 32.2. The summed E-state index contributed by atoms with van der Waals surface area (Å²) in [5.41, 5.74) is 0.974. The molecule has 0 spiro atoms. The zero-order valence-electron chi connectivity index (χ0n) is 13.6. The summed E-state index contributed by atoms with van der Waals surface area (Å²) < 4.78 is 23.4. The normalized spacial score (nSPS) is 12.1. The van der Waals surface area contributed by atoms with Crippen LogP contribution < -0.4 is 5.32 Å². The molecule has 1 N–H and O–H groups in total. The van der Waals surface area contributed by atoms with Gasteiger partial charge in [-0.05, 0) is 64.5 Å². The Hall–Kier alpha value is -1.07. The van der Waals surface area contributed by atoms with Gasteiger partial charge in [0.05, 0.1) is 10.6 Å². The lowest BCUT2D eigenvalue weighted by Gasteiger charge is -2.20. The van der Waals surface area contributed by atoms with Gasteiger partial charge in [0.1, 0.15) is 0 Å². The van der Waals surface area contributed by atoms with Crippen molar-refractivity contribution in [2.45, 2.75) is 44.6 Å². The molecule has 0 saturated carbocycles. The Morgan fingerprint density at radius 2 is 1.76 bits per heavy atom. The van der Waals surface area contributed by atoms with Gasteiger partial charge in [0, 0.05) is 18.3 Å². The van der Waals surface area contributed by atoms with E-state index in [0.717, 1.165) is 31.6 Å². The summed E-state index contributed by atoms with van der Waals surface area (Å²) in [6, 6.07) is 7.61. The van der Waals surface area contributed by atoms with E-state index in [2.05, 4.69) is 31.1 Å². The van der Waals surface area contributed by atoms with Gasteiger partial charge in [-0.1, -0.05) is 6.92 Å². The fraction of sp³-hybridized carbons (Fsp3) is 0.625. The molecule has 0 bridgehead atoms. The second-order valence-corrected chi connectivity index (χ2v) is 7.91. The minimum atomic E-state index is -3.10. The molecule has 0 aromatic heterocycles. The molecule has 0 heterocycles. The van der Waals surface area contributed by atoms with Crippen molar-refractivity contribution in [2.24, 2.45) is 0 Å². The maximum absolute atomic E-state index is 11.7. The van der Waals surface area contributed by atoms with E-state index in [1.165, 1.54) is 0 Å². The molecule has 0 amide bonds. The number of hydrogen-bond donors (Lipinski definition) is 1. The van der Waals surface area contributed by atoms with Crippen LogP contribution in [-0.2, 0) is 9.84 Å². The molecule has 0 fully saturated rings. The van der Waals surface area contributed by atoms with Crippen molar-refractivity contribution in [3.05, 3.63) is 24.3 Å². The SMILES string of the molecule is CCS(=O)(=O)c1ccc(NCCCCN(C)C(C)C)cc1. The molecule has 1 aromatic carbocycles. The first kappa shape index (κ1) is 18.0. The van der Waals surface area contributed by atoms with Crippen LogP contribution in [0.1, 0.15) is 33.6 Å². The van der Waals surface area contributed by atoms with Gasteiger partial charge in [-0.15, -0.1) is 0 Å². The van der Waals surface area contributed by atoms with Crippen LogP contribution in [0.15, 0.2) is 29.2 Å². The molecule has 0 aliphatic heterocycles. The van der Waals surface area contributed by atoms with Gasteiger partial charge in [0.25, 0.3) is 0 Å². The first-order valence-corrected chi connectivity index (χ1v) is 9.29. The van der Waals surface area contributed by atoms with Crippen LogP contribution in [0.2, 0.25) is 0 Å². The predicted octanol–water partition coefficient (Wildman–Crippen LogP) is 3.01. The quantitative estimate of drug-likeness (QED) is 0.712. The van der Waals surface area contributed by atoms with Gasteiger partial charge in [-0.3, -0.25) is 0 Å². The first-order valence-electron chi connectivity index (χ1n) is 7.63. The zero-order chi connectivity index (χ0) is 15.9. The van der Waals surface area contributed by atoms with Gasteiger partial charge < -0.3 is 10.2 Å². The molecular formula is C16H28N2O2S. The standard InChI is InChI=1S/C16H28N2O2S/c1-5-21(19,20)16-10-8-15(9-11-16)17-12-6-7-13-18(4)14(2)3/h8-11,14,17H,5-7,12-13H2,1-4H3. The van der Waals surface area contributed by atoms with E-state index in [1.54, 1.807) is 19.1 Å². The first-order chi connectivity index (χ1) is 9.86. The molecule has 21 heavy (non-hydrogen) atoms. The Labute approximate surface area is 129 Å². The topological polar surface area (TPSA) is 49.4 Å². The van der Waals surface area contributed by atoms with E-state index in [9.17, 15) is 8.42 Å². The van der Waals surface area contributed by atoms with Crippen molar-refractivity contribution in [3.63, 3.8) is 0 Å². The van der Waals surface area contributed by atoms with Gasteiger partial charge >= 0.3 is 0 Å². The third-order valence-corrected chi connectivity index (χ3v) is 5.49. The molecule has 0 atom stereocenters. The average molecular weight is 312 g/mol.